The highest BCUT2D eigenvalue weighted by Gasteiger charge is 2.21. The molecule has 3 aromatic rings. The lowest BCUT2D eigenvalue weighted by Crippen LogP contribution is -2.48. The molecule has 0 atom stereocenters. The van der Waals surface area contributed by atoms with Gasteiger partial charge in [0.05, 0.1) is 22.5 Å². The van der Waals surface area contributed by atoms with Gasteiger partial charge in [-0.2, -0.15) is 0 Å². The average molecular weight is 407 g/mol. The molecule has 1 saturated heterocycles. The van der Waals surface area contributed by atoms with E-state index in [1.54, 1.807) is 0 Å². The van der Waals surface area contributed by atoms with E-state index in [1.165, 1.54) is 22.9 Å². The van der Waals surface area contributed by atoms with Gasteiger partial charge in [0, 0.05) is 32.7 Å². The summed E-state index contributed by atoms with van der Waals surface area (Å²) >= 11 is 1.49. The molecule has 1 aliphatic rings. The van der Waals surface area contributed by atoms with Crippen LogP contribution in [0, 0.1) is 13.8 Å². The van der Waals surface area contributed by atoms with Crippen molar-refractivity contribution in [2.24, 2.45) is 0 Å². The highest BCUT2D eigenvalue weighted by atomic mass is 32.2. The molecule has 4 rings (SSSR count). The number of carbonyl (C=O) groups excluding carboxylic acids is 1. The number of benzene rings is 2. The first-order chi connectivity index (χ1) is 14.1. The summed E-state index contributed by atoms with van der Waals surface area (Å²) < 4.78 is 0. The van der Waals surface area contributed by atoms with Crippen LogP contribution in [0.3, 0.4) is 0 Å². The Kier molecular flexibility index (Phi) is 6.11. The molecule has 150 valence electrons. The fraction of sp³-hybridized carbons (Fsp3) is 0.348. The Morgan fingerprint density at radius 2 is 1.69 bits per heavy atom. The van der Waals surface area contributed by atoms with Gasteiger partial charge in [0.2, 0.25) is 5.91 Å². The zero-order valence-electron chi connectivity index (χ0n) is 17.0. The molecule has 0 unspecified atom stereocenters. The second kappa shape index (κ2) is 8.93. The number of carbonyl (C=O) groups is 1. The smallest absolute Gasteiger partial charge is 0.233 e. The zero-order valence-corrected chi connectivity index (χ0v) is 17.8. The SMILES string of the molecule is Cc1cccc(CN2CCN(C(=O)CSc3nc4ccccc4nc3C)CC2)c1. The van der Waals surface area contributed by atoms with Gasteiger partial charge in [-0.1, -0.05) is 53.7 Å². The van der Waals surface area contributed by atoms with E-state index in [-0.39, 0.29) is 5.91 Å². The summed E-state index contributed by atoms with van der Waals surface area (Å²) in [6.07, 6.45) is 0. The minimum atomic E-state index is 0.180. The third-order valence-corrected chi connectivity index (χ3v) is 6.30. The van der Waals surface area contributed by atoms with Gasteiger partial charge >= 0.3 is 0 Å². The molecule has 0 aliphatic carbocycles. The molecule has 6 heteroatoms. The van der Waals surface area contributed by atoms with E-state index in [2.05, 4.69) is 46.1 Å². The molecule has 0 N–H and O–H groups in total. The molecule has 1 aliphatic heterocycles. The number of aromatic nitrogens is 2. The van der Waals surface area contributed by atoms with E-state index in [1.807, 2.05) is 36.1 Å². The maximum Gasteiger partial charge on any atom is 0.233 e. The summed E-state index contributed by atoms with van der Waals surface area (Å²) in [7, 11) is 0. The molecule has 0 spiro atoms. The zero-order chi connectivity index (χ0) is 20.2. The normalized spacial score (nSPS) is 15.0. The monoisotopic (exact) mass is 406 g/mol. The van der Waals surface area contributed by atoms with Crippen molar-refractivity contribution in [1.29, 1.82) is 0 Å². The summed E-state index contributed by atoms with van der Waals surface area (Å²) in [5, 5.41) is 0.843. The van der Waals surface area contributed by atoms with Gasteiger partial charge in [0.15, 0.2) is 0 Å². The highest BCUT2D eigenvalue weighted by molar-refractivity contribution is 7.99. The number of aryl methyl sites for hydroxylation is 2. The summed E-state index contributed by atoms with van der Waals surface area (Å²) in [4.78, 5) is 26.4. The number of thioether (sulfide) groups is 1. The van der Waals surface area contributed by atoms with E-state index in [0.29, 0.717) is 5.75 Å². The molecule has 2 heterocycles. The van der Waals surface area contributed by atoms with Gasteiger partial charge in [-0.25, -0.2) is 9.97 Å². The van der Waals surface area contributed by atoms with Gasteiger partial charge < -0.3 is 4.90 Å². The van der Waals surface area contributed by atoms with Crippen LogP contribution in [0.2, 0.25) is 0 Å². The van der Waals surface area contributed by atoms with Crippen LogP contribution in [0.4, 0.5) is 0 Å². The fourth-order valence-corrected chi connectivity index (χ4v) is 4.51. The Morgan fingerprint density at radius 1 is 0.966 bits per heavy atom. The summed E-state index contributed by atoms with van der Waals surface area (Å²) in [5.41, 5.74) is 5.28. The number of hydrogen-bond acceptors (Lipinski definition) is 5. The van der Waals surface area contributed by atoms with Crippen LogP contribution in [0.25, 0.3) is 11.0 Å². The molecule has 0 saturated carbocycles. The van der Waals surface area contributed by atoms with Crippen LogP contribution < -0.4 is 0 Å². The Balaban J connectivity index is 1.29. The molecule has 1 fully saturated rings. The van der Waals surface area contributed by atoms with Gasteiger partial charge in [-0.15, -0.1) is 0 Å². The van der Waals surface area contributed by atoms with Crippen LogP contribution >= 0.6 is 11.8 Å². The topological polar surface area (TPSA) is 49.3 Å². The molecule has 1 aromatic heterocycles. The molecule has 5 nitrogen and oxygen atoms in total. The first-order valence-electron chi connectivity index (χ1n) is 10.0. The molecular formula is C23H26N4OS. The molecular weight excluding hydrogens is 380 g/mol. The predicted octanol–water partition coefficient (Wildman–Crippen LogP) is 3.68. The highest BCUT2D eigenvalue weighted by Crippen LogP contribution is 2.22. The number of rotatable bonds is 5. The lowest BCUT2D eigenvalue weighted by atomic mass is 10.1. The summed E-state index contributed by atoms with van der Waals surface area (Å²) in [6.45, 7) is 8.43. The van der Waals surface area contributed by atoms with E-state index < -0.39 is 0 Å². The van der Waals surface area contributed by atoms with Crippen LogP contribution in [0.15, 0.2) is 53.6 Å². The number of hydrogen-bond donors (Lipinski definition) is 0. The lowest BCUT2D eigenvalue weighted by molar-refractivity contribution is -0.130. The average Bonchev–Trinajstić information content (AvgIpc) is 2.72. The molecule has 1 amide bonds. The quantitative estimate of drug-likeness (QED) is 0.605. The maximum atomic E-state index is 12.7. The predicted molar refractivity (Wildman–Crippen MR) is 118 cm³/mol. The Morgan fingerprint density at radius 3 is 2.41 bits per heavy atom. The lowest BCUT2D eigenvalue weighted by Gasteiger charge is -2.34. The van der Waals surface area contributed by atoms with Crippen LogP contribution in [0.1, 0.15) is 16.8 Å². The van der Waals surface area contributed by atoms with Gasteiger partial charge in [-0.3, -0.25) is 9.69 Å². The molecule has 0 bridgehead atoms. The van der Waals surface area contributed by atoms with E-state index in [9.17, 15) is 4.79 Å². The van der Waals surface area contributed by atoms with Gasteiger partial charge in [0.25, 0.3) is 0 Å². The number of nitrogens with zero attached hydrogens (tertiary/aromatic N) is 4. The molecule has 29 heavy (non-hydrogen) atoms. The second-order valence-electron chi connectivity index (χ2n) is 7.54. The fourth-order valence-electron chi connectivity index (χ4n) is 3.65. The third kappa shape index (κ3) is 4.95. The van der Waals surface area contributed by atoms with Crippen molar-refractivity contribution in [3.05, 3.63) is 65.4 Å². The van der Waals surface area contributed by atoms with Crippen molar-refractivity contribution >= 4 is 28.7 Å². The van der Waals surface area contributed by atoms with Crippen molar-refractivity contribution in [3.8, 4) is 0 Å². The molecule has 2 aromatic carbocycles. The Bertz CT molecular complexity index is 1010. The minimum Gasteiger partial charge on any atom is -0.339 e. The third-order valence-electron chi connectivity index (χ3n) is 5.25. The summed E-state index contributed by atoms with van der Waals surface area (Å²) in [6, 6.07) is 16.5. The number of para-hydroxylation sites is 2. The van der Waals surface area contributed by atoms with Crippen molar-refractivity contribution in [1.82, 2.24) is 19.8 Å². The van der Waals surface area contributed by atoms with Crippen LogP contribution in [-0.2, 0) is 11.3 Å². The second-order valence-corrected chi connectivity index (χ2v) is 8.50. The summed E-state index contributed by atoms with van der Waals surface area (Å²) in [5.74, 6) is 0.589. The van der Waals surface area contributed by atoms with Gasteiger partial charge in [0.1, 0.15) is 5.03 Å². The van der Waals surface area contributed by atoms with E-state index >= 15 is 0 Å². The van der Waals surface area contributed by atoms with Crippen molar-refractivity contribution in [3.63, 3.8) is 0 Å². The first-order valence-corrected chi connectivity index (χ1v) is 11.0. The maximum absolute atomic E-state index is 12.7. The van der Waals surface area contributed by atoms with E-state index in [4.69, 9.17) is 0 Å². The molecule has 0 radical (unpaired) electrons. The van der Waals surface area contributed by atoms with Crippen LogP contribution in [-0.4, -0.2) is 57.6 Å². The van der Waals surface area contributed by atoms with Crippen LogP contribution in [0.5, 0.6) is 0 Å². The minimum absolute atomic E-state index is 0.180. The van der Waals surface area contributed by atoms with Gasteiger partial charge in [-0.05, 0) is 31.5 Å². The Hall–Kier alpha value is -2.44. The number of amides is 1. The first kappa shape index (κ1) is 19.9. The van der Waals surface area contributed by atoms with Crippen molar-refractivity contribution < 1.29 is 4.79 Å². The van der Waals surface area contributed by atoms with Crippen molar-refractivity contribution in [2.45, 2.75) is 25.4 Å². The van der Waals surface area contributed by atoms with Crippen molar-refractivity contribution in [2.75, 3.05) is 31.9 Å². The number of piperazine rings is 1. The largest absolute Gasteiger partial charge is 0.339 e. The number of fused-ring (bicyclic) bond motifs is 1. The van der Waals surface area contributed by atoms with E-state index in [0.717, 1.165) is 54.5 Å². The standard InChI is InChI=1S/C23H26N4OS/c1-17-6-5-7-19(14-17)15-26-10-12-27(13-11-26)22(28)16-29-23-18(2)24-20-8-3-4-9-21(20)25-23/h3-9,14H,10-13,15-16H2,1-2H3. The Labute approximate surface area is 176 Å².